The topological polar surface area (TPSA) is 278 Å². The molecule has 0 aromatic heterocycles. The second kappa shape index (κ2) is 23.5. The van der Waals surface area contributed by atoms with Gasteiger partial charge in [0.1, 0.15) is 36.6 Å². The summed E-state index contributed by atoms with van der Waals surface area (Å²) in [4.78, 5) is 63.6. The maximum Gasteiger partial charge on any atom is 1.00 e. The molecule has 0 bridgehead atoms. The van der Waals surface area contributed by atoms with E-state index in [2.05, 4.69) is 13.6 Å². The number of hydrogen-bond donors (Lipinski definition) is 3. The van der Waals surface area contributed by atoms with Gasteiger partial charge in [-0.05, 0) is 0 Å². The van der Waals surface area contributed by atoms with Crippen LogP contribution in [0, 0.1) is 0 Å². The predicted octanol–water partition coefficient (Wildman–Crippen LogP) is -25.3. The molecule has 0 radical (unpaired) electrons. The Kier molecular flexibility index (Phi) is 41.2. The molecule has 15 nitrogen and oxygen atoms in total. The Morgan fingerprint density at radius 1 is 0.467 bits per heavy atom. The molecule has 3 N–H and O–H groups in total. The van der Waals surface area contributed by atoms with Crippen LogP contribution in [0.3, 0.4) is 0 Å². The molecule has 30 heavy (non-hydrogen) atoms. The number of phosphoric acid groups is 3. The van der Waals surface area contributed by atoms with E-state index in [4.69, 9.17) is 0 Å². The van der Waals surface area contributed by atoms with Crippen LogP contribution in [0.1, 0.15) is 0 Å². The Hall–Kier alpha value is 10.0. The fourth-order valence-electron chi connectivity index (χ4n) is 1.98. The van der Waals surface area contributed by atoms with Crippen LogP contribution in [0.2, 0.25) is 0 Å². The van der Waals surface area contributed by atoms with Crippen LogP contribution in [-0.4, -0.2) is 51.9 Å². The van der Waals surface area contributed by atoms with Gasteiger partial charge in [0.05, 0.1) is 23.5 Å². The summed E-state index contributed by atoms with van der Waals surface area (Å²) in [5.74, 6) is 0. The van der Waals surface area contributed by atoms with Crippen molar-refractivity contribution in [1.82, 2.24) is 0 Å². The van der Waals surface area contributed by atoms with E-state index >= 15 is 0 Å². The molecule has 6 atom stereocenters. The molecule has 0 aliphatic heterocycles. The number of aliphatic hydroxyl groups excluding tert-OH is 3. The summed E-state index contributed by atoms with van der Waals surface area (Å²) in [5, 5.41) is 28.9. The van der Waals surface area contributed by atoms with E-state index in [1.165, 1.54) is 0 Å². The van der Waals surface area contributed by atoms with E-state index in [0.717, 1.165) is 0 Å². The largest absolute Gasteiger partial charge is 1.00 e. The fourth-order valence-corrected chi connectivity index (χ4v) is 3.62. The SMILES string of the molecule is O=P([O-])([O-])O[C@H]1[C@H](O)[C@H](O)[C@@H](OP(=O)([O-])[O-])[C@H](OP(=O)([O-])[O-])[C@H]1O.[K+].[K+].[K+].[K+].[K+].[K+]. The summed E-state index contributed by atoms with van der Waals surface area (Å²) in [7, 11) is -17.9. The van der Waals surface area contributed by atoms with Crippen molar-refractivity contribution in [3.63, 3.8) is 0 Å². The van der Waals surface area contributed by atoms with Crippen molar-refractivity contribution < 1.29 is 380 Å². The average Bonchev–Trinajstić information content (AvgIpc) is 2.32. The number of phosphoric ester groups is 3. The first kappa shape index (κ1) is 52.7. The zero-order valence-corrected chi connectivity index (χ0v) is 38.5. The van der Waals surface area contributed by atoms with Crippen molar-refractivity contribution in [2.24, 2.45) is 0 Å². The van der Waals surface area contributed by atoms with Gasteiger partial charge in [0.15, 0.2) is 0 Å². The number of hydrogen-bond acceptors (Lipinski definition) is 15. The molecule has 24 heteroatoms. The van der Waals surface area contributed by atoms with Crippen LogP contribution in [0.5, 0.6) is 0 Å². The number of aliphatic hydroxyl groups is 3. The maximum atomic E-state index is 10.6. The van der Waals surface area contributed by atoms with Crippen molar-refractivity contribution in [3.8, 4) is 0 Å². The Morgan fingerprint density at radius 2 is 0.667 bits per heavy atom. The van der Waals surface area contributed by atoms with E-state index in [1.54, 1.807) is 0 Å². The Balaban J connectivity index is -0.000000240. The van der Waals surface area contributed by atoms with Crippen LogP contribution < -0.4 is 338 Å². The Labute approximate surface area is 426 Å². The van der Waals surface area contributed by atoms with Crippen molar-refractivity contribution in [3.05, 3.63) is 0 Å². The van der Waals surface area contributed by atoms with Gasteiger partial charge in [0.25, 0.3) is 0 Å². The van der Waals surface area contributed by atoms with Crippen molar-refractivity contribution in [1.29, 1.82) is 0 Å². The van der Waals surface area contributed by atoms with Gasteiger partial charge >= 0.3 is 308 Å². The molecule has 0 aromatic carbocycles. The molecule has 1 aliphatic rings. The summed E-state index contributed by atoms with van der Waals surface area (Å²) in [6.07, 6.45) is -15.7. The first-order valence-corrected chi connectivity index (χ1v) is 10.1. The smallest absolute Gasteiger partial charge is 0.790 e. The van der Waals surface area contributed by atoms with Crippen molar-refractivity contribution in [2.75, 3.05) is 0 Å². The van der Waals surface area contributed by atoms with Crippen molar-refractivity contribution in [2.45, 2.75) is 36.6 Å². The Bertz CT molecular complexity index is 595. The normalized spacial score (nSPS) is 28.7. The monoisotopic (exact) mass is 648 g/mol. The van der Waals surface area contributed by atoms with E-state index in [9.17, 15) is 58.4 Å². The van der Waals surface area contributed by atoms with Crippen LogP contribution >= 0.6 is 23.5 Å². The third kappa shape index (κ3) is 21.7. The van der Waals surface area contributed by atoms with Crippen LogP contribution in [0.15, 0.2) is 0 Å². The molecule has 0 heterocycles. The molecular formula is C6H9K6O15P3. The standard InChI is InChI=1S/C6H15O15P3.6K/c7-1-2(8)5(20-23(13,14)15)6(21-24(16,17)18)3(9)4(1)19-22(10,11)12;;;;;;/h1-9H,(H2,10,11,12)(H2,13,14,15)(H2,16,17,18);;;;;;/q;6*+1/p-6/t1-,2+,3+,4+,5-,6-;;;;;;/m1....../s1. The summed E-state index contributed by atoms with van der Waals surface area (Å²) in [6, 6.07) is 0. The average molecular weight is 649 g/mol. The van der Waals surface area contributed by atoms with Gasteiger partial charge in [-0.1, -0.05) is 0 Å². The minimum absolute atomic E-state index is 0. The first-order chi connectivity index (χ1) is 10.5. The maximum absolute atomic E-state index is 10.6. The quantitative estimate of drug-likeness (QED) is 0.178. The molecule has 144 valence electrons. The third-order valence-corrected chi connectivity index (χ3v) is 4.28. The first-order valence-electron chi connectivity index (χ1n) is 5.67. The van der Waals surface area contributed by atoms with Gasteiger partial charge in [0, 0.05) is 0 Å². The molecule has 1 fully saturated rings. The molecule has 0 spiro atoms. The molecule has 1 aliphatic carbocycles. The van der Waals surface area contributed by atoms with E-state index < -0.39 is 60.1 Å². The van der Waals surface area contributed by atoms with Gasteiger partial charge in [-0.25, -0.2) is 0 Å². The molecule has 1 saturated carbocycles. The zero-order valence-electron chi connectivity index (χ0n) is 17.0. The second-order valence-corrected chi connectivity index (χ2v) is 7.84. The van der Waals surface area contributed by atoms with E-state index in [0.29, 0.717) is 0 Å². The minimum atomic E-state index is -6.01. The van der Waals surface area contributed by atoms with Gasteiger partial charge < -0.3 is 71.9 Å². The Morgan fingerprint density at radius 3 is 0.933 bits per heavy atom. The second-order valence-electron chi connectivity index (χ2n) is 4.52. The molecule has 0 saturated heterocycles. The molecule has 1 rings (SSSR count). The minimum Gasteiger partial charge on any atom is -0.790 e. The molecular weight excluding hydrogens is 640 g/mol. The summed E-state index contributed by atoms with van der Waals surface area (Å²) >= 11 is 0. The summed E-state index contributed by atoms with van der Waals surface area (Å²) in [5.41, 5.74) is 0. The predicted molar refractivity (Wildman–Crippen MR) is 55.5 cm³/mol. The van der Waals surface area contributed by atoms with Crippen LogP contribution in [0.25, 0.3) is 0 Å². The van der Waals surface area contributed by atoms with E-state index in [1.807, 2.05) is 0 Å². The van der Waals surface area contributed by atoms with E-state index in [-0.39, 0.29) is 308 Å². The van der Waals surface area contributed by atoms with Crippen LogP contribution in [-0.2, 0) is 27.3 Å². The van der Waals surface area contributed by atoms with Gasteiger partial charge in [-0.2, -0.15) is 0 Å². The third-order valence-electron chi connectivity index (χ3n) is 2.77. The number of rotatable bonds is 6. The molecule has 0 unspecified atom stereocenters. The summed E-state index contributed by atoms with van der Waals surface area (Å²) < 4.78 is 43.0. The van der Waals surface area contributed by atoms with Gasteiger partial charge in [-0.3, -0.25) is 0 Å². The zero-order chi connectivity index (χ0) is 19.1. The van der Waals surface area contributed by atoms with Crippen molar-refractivity contribution >= 4 is 23.5 Å². The summed E-state index contributed by atoms with van der Waals surface area (Å²) in [6.45, 7) is 0. The van der Waals surface area contributed by atoms with Crippen LogP contribution in [0.4, 0.5) is 0 Å². The fraction of sp³-hybridized carbons (Fsp3) is 1.00. The molecule has 0 aromatic rings. The van der Waals surface area contributed by atoms with Gasteiger partial charge in [0.2, 0.25) is 0 Å². The van der Waals surface area contributed by atoms with Gasteiger partial charge in [-0.15, -0.1) is 0 Å². The molecule has 0 amide bonds.